The number of halogens is 1. The minimum Gasteiger partial charge on any atom is -0.451 e. The van der Waals surface area contributed by atoms with Gasteiger partial charge in [0.15, 0.2) is 11.9 Å². The minimum atomic E-state index is -0.636. The van der Waals surface area contributed by atoms with Crippen LogP contribution in [0, 0.1) is 0 Å². The summed E-state index contributed by atoms with van der Waals surface area (Å²) in [7, 11) is 0. The first-order chi connectivity index (χ1) is 12.6. The molecule has 0 radical (unpaired) electrons. The maximum absolute atomic E-state index is 12.8. The Labute approximate surface area is 159 Å². The Bertz CT molecular complexity index is 998. The summed E-state index contributed by atoms with van der Waals surface area (Å²) < 4.78 is 6.21. The summed E-state index contributed by atoms with van der Waals surface area (Å²) in [5, 5.41) is 0.715. The normalized spacial score (nSPS) is 17.4. The minimum absolute atomic E-state index is 0.00761. The first kappa shape index (κ1) is 17.2. The maximum Gasteiger partial charge on any atom is 0.339 e. The van der Waals surface area contributed by atoms with Gasteiger partial charge < -0.3 is 4.74 Å². The van der Waals surface area contributed by atoms with E-state index in [0.717, 1.165) is 17.7 Å². The Morgan fingerprint density at radius 3 is 2.81 bits per heavy atom. The third-order valence-electron chi connectivity index (χ3n) is 4.51. The van der Waals surface area contributed by atoms with Gasteiger partial charge in [0, 0.05) is 11.8 Å². The number of thiophene rings is 1. The van der Waals surface area contributed by atoms with Crippen molar-refractivity contribution in [3.8, 4) is 10.6 Å². The second kappa shape index (κ2) is 7.17. The average molecular weight is 386 g/mol. The van der Waals surface area contributed by atoms with Gasteiger partial charge in [-0.15, -0.1) is 11.3 Å². The fourth-order valence-corrected chi connectivity index (χ4v) is 4.19. The fraction of sp³-hybridized carbons (Fsp3) is 0.250. The number of esters is 1. The number of benzene rings is 1. The lowest BCUT2D eigenvalue weighted by molar-refractivity contribution is -0.129. The van der Waals surface area contributed by atoms with E-state index in [1.807, 2.05) is 30.3 Å². The van der Waals surface area contributed by atoms with E-state index < -0.39 is 12.1 Å². The molecule has 3 aromatic rings. The van der Waals surface area contributed by atoms with Crippen LogP contribution in [-0.2, 0) is 9.53 Å². The third kappa shape index (κ3) is 3.37. The quantitative estimate of drug-likeness (QED) is 0.575. The van der Waals surface area contributed by atoms with Gasteiger partial charge in [0.25, 0.3) is 0 Å². The summed E-state index contributed by atoms with van der Waals surface area (Å²) in [4.78, 5) is 30.4. The van der Waals surface area contributed by atoms with Crippen molar-refractivity contribution in [1.82, 2.24) is 4.98 Å². The van der Waals surface area contributed by atoms with Crippen LogP contribution in [-0.4, -0.2) is 22.8 Å². The molecule has 0 bridgehead atoms. The molecule has 26 heavy (non-hydrogen) atoms. The number of hydrogen-bond donors (Lipinski definition) is 0. The molecule has 1 aliphatic carbocycles. The number of carbonyl (C=O) groups is 2. The van der Waals surface area contributed by atoms with Crippen molar-refractivity contribution in [3.05, 3.63) is 52.4 Å². The molecule has 0 amide bonds. The zero-order valence-electron chi connectivity index (χ0n) is 13.9. The van der Waals surface area contributed by atoms with Crippen molar-refractivity contribution in [2.75, 3.05) is 0 Å². The molecule has 4 nitrogen and oxygen atoms in total. The molecule has 0 unspecified atom stereocenters. The van der Waals surface area contributed by atoms with Crippen molar-refractivity contribution in [3.63, 3.8) is 0 Å². The van der Waals surface area contributed by atoms with E-state index in [2.05, 4.69) is 4.98 Å². The molecule has 4 rings (SSSR count). The first-order valence-electron chi connectivity index (χ1n) is 8.51. The number of para-hydroxylation sites is 1. The first-order valence-corrected chi connectivity index (χ1v) is 9.70. The van der Waals surface area contributed by atoms with Gasteiger partial charge in [0.1, 0.15) is 0 Å². The van der Waals surface area contributed by atoms with Crippen LogP contribution >= 0.6 is 22.9 Å². The van der Waals surface area contributed by atoms with Gasteiger partial charge in [-0.2, -0.15) is 0 Å². The molecule has 0 N–H and O–H groups in total. The number of aromatic nitrogens is 1. The molecule has 1 atom stereocenters. The third-order valence-corrected chi connectivity index (χ3v) is 5.76. The molecule has 1 fully saturated rings. The summed E-state index contributed by atoms with van der Waals surface area (Å²) >= 11 is 7.44. The molecule has 0 saturated heterocycles. The van der Waals surface area contributed by atoms with E-state index in [1.54, 1.807) is 12.1 Å². The van der Waals surface area contributed by atoms with Gasteiger partial charge in [-0.3, -0.25) is 4.79 Å². The van der Waals surface area contributed by atoms with Crippen LogP contribution in [0.1, 0.15) is 36.0 Å². The zero-order valence-corrected chi connectivity index (χ0v) is 15.5. The van der Waals surface area contributed by atoms with E-state index in [-0.39, 0.29) is 5.78 Å². The Morgan fingerprint density at radius 2 is 2.04 bits per heavy atom. The molecule has 1 aliphatic rings. The van der Waals surface area contributed by atoms with Crippen LogP contribution in [0.4, 0.5) is 0 Å². The SMILES string of the molecule is O=C(O[C@@H]1CCCCC1=O)c1cc(-c2ccc(Cl)s2)nc2ccccc12. The molecule has 2 aromatic heterocycles. The zero-order chi connectivity index (χ0) is 18.1. The van der Waals surface area contributed by atoms with Gasteiger partial charge in [-0.25, -0.2) is 9.78 Å². The molecule has 2 heterocycles. The lowest BCUT2D eigenvalue weighted by Gasteiger charge is -2.21. The van der Waals surface area contributed by atoms with E-state index in [1.165, 1.54) is 11.3 Å². The lowest BCUT2D eigenvalue weighted by Crippen LogP contribution is -2.30. The van der Waals surface area contributed by atoms with Crippen LogP contribution < -0.4 is 0 Å². The summed E-state index contributed by atoms with van der Waals surface area (Å²) in [6.07, 6.45) is 2.21. The van der Waals surface area contributed by atoms with Crippen LogP contribution in [0.25, 0.3) is 21.5 Å². The monoisotopic (exact) mass is 385 g/mol. The predicted octanol–water partition coefficient (Wildman–Crippen LogP) is 5.29. The van der Waals surface area contributed by atoms with Crippen LogP contribution in [0.2, 0.25) is 4.34 Å². The smallest absolute Gasteiger partial charge is 0.339 e. The molecule has 1 saturated carbocycles. The Morgan fingerprint density at radius 1 is 1.19 bits per heavy atom. The highest BCUT2D eigenvalue weighted by molar-refractivity contribution is 7.19. The van der Waals surface area contributed by atoms with Gasteiger partial charge in [0.05, 0.1) is 26.0 Å². The molecule has 1 aromatic carbocycles. The van der Waals surface area contributed by atoms with Crippen molar-refractivity contribution in [1.29, 1.82) is 0 Å². The number of hydrogen-bond acceptors (Lipinski definition) is 5. The fourth-order valence-electron chi connectivity index (χ4n) is 3.19. The Kier molecular flexibility index (Phi) is 4.74. The number of ketones is 1. The van der Waals surface area contributed by atoms with Gasteiger partial charge in [-0.1, -0.05) is 29.8 Å². The van der Waals surface area contributed by atoms with Crippen molar-refractivity contribution < 1.29 is 14.3 Å². The lowest BCUT2D eigenvalue weighted by atomic mass is 9.96. The Hall–Kier alpha value is -2.24. The van der Waals surface area contributed by atoms with E-state index in [9.17, 15) is 9.59 Å². The number of rotatable bonds is 3. The second-order valence-electron chi connectivity index (χ2n) is 6.28. The number of carbonyl (C=O) groups excluding carboxylic acids is 2. The Balaban J connectivity index is 1.75. The van der Waals surface area contributed by atoms with E-state index in [0.29, 0.717) is 39.3 Å². The molecular weight excluding hydrogens is 370 g/mol. The number of Topliss-reactive ketones (excluding diaryl/α,β-unsaturated/α-hetero) is 1. The van der Waals surface area contributed by atoms with Crippen molar-refractivity contribution in [2.24, 2.45) is 0 Å². The van der Waals surface area contributed by atoms with Crippen LogP contribution in [0.5, 0.6) is 0 Å². The molecule has 6 heteroatoms. The highest BCUT2D eigenvalue weighted by Gasteiger charge is 2.27. The van der Waals surface area contributed by atoms with Gasteiger partial charge >= 0.3 is 5.97 Å². The number of pyridine rings is 1. The number of nitrogens with zero attached hydrogens (tertiary/aromatic N) is 1. The second-order valence-corrected chi connectivity index (χ2v) is 8.00. The van der Waals surface area contributed by atoms with E-state index >= 15 is 0 Å². The average Bonchev–Trinajstić information content (AvgIpc) is 3.09. The summed E-state index contributed by atoms with van der Waals surface area (Å²) in [5.74, 6) is -0.471. The molecule has 0 spiro atoms. The van der Waals surface area contributed by atoms with Crippen molar-refractivity contribution in [2.45, 2.75) is 31.8 Å². The topological polar surface area (TPSA) is 56.3 Å². The molecule has 132 valence electrons. The summed E-state index contributed by atoms with van der Waals surface area (Å²) in [5.41, 5.74) is 1.80. The van der Waals surface area contributed by atoms with Crippen LogP contribution in [0.15, 0.2) is 42.5 Å². The van der Waals surface area contributed by atoms with E-state index in [4.69, 9.17) is 16.3 Å². The number of fused-ring (bicyclic) bond motifs is 1. The van der Waals surface area contributed by atoms with Gasteiger partial charge in [-0.05, 0) is 43.5 Å². The summed E-state index contributed by atoms with van der Waals surface area (Å²) in [6, 6.07) is 12.8. The van der Waals surface area contributed by atoms with Crippen molar-refractivity contribution >= 4 is 45.6 Å². The largest absolute Gasteiger partial charge is 0.451 e. The standard InChI is InChI=1S/C20H16ClNO3S/c21-19-10-9-18(26-19)15-11-13(12-5-1-2-6-14(12)22-15)20(24)25-17-8-4-3-7-16(17)23/h1-2,5-6,9-11,17H,3-4,7-8H2/t17-/m1/s1. The number of ether oxygens (including phenoxy) is 1. The maximum atomic E-state index is 12.8. The highest BCUT2D eigenvalue weighted by Crippen LogP contribution is 2.32. The van der Waals surface area contributed by atoms with Gasteiger partial charge in [0.2, 0.25) is 0 Å². The highest BCUT2D eigenvalue weighted by atomic mass is 35.5. The molecule has 0 aliphatic heterocycles. The molecular formula is C20H16ClNO3S. The summed E-state index contributed by atoms with van der Waals surface area (Å²) in [6.45, 7) is 0. The van der Waals surface area contributed by atoms with Crippen LogP contribution in [0.3, 0.4) is 0 Å². The predicted molar refractivity (Wildman–Crippen MR) is 103 cm³/mol.